The number of hydrogen-bond acceptors (Lipinski definition) is 7. The van der Waals surface area contributed by atoms with Gasteiger partial charge in [0.1, 0.15) is 5.82 Å². The maximum Gasteiger partial charge on any atom is 0.250 e. The van der Waals surface area contributed by atoms with Crippen LogP contribution in [0.1, 0.15) is 0 Å². The molecule has 1 aromatic heterocycles. The molecule has 3 aromatic rings. The minimum Gasteiger partial charge on any atom is -0.493 e. The summed E-state index contributed by atoms with van der Waals surface area (Å²) in [5.74, 6) is 0.820. The maximum atomic E-state index is 13.8. The number of H-pyrrole nitrogens is 1. The van der Waals surface area contributed by atoms with Crippen LogP contribution in [0, 0.1) is 5.82 Å². The van der Waals surface area contributed by atoms with E-state index in [-0.39, 0.29) is 23.8 Å². The highest BCUT2D eigenvalue weighted by atomic mass is 19.1. The molecule has 34 heavy (non-hydrogen) atoms. The van der Waals surface area contributed by atoms with Crippen LogP contribution < -0.4 is 30.0 Å². The molecule has 180 valence electrons. The number of piperazine rings is 1. The number of hydrogen-bond donors (Lipinski definition) is 2. The van der Waals surface area contributed by atoms with Gasteiger partial charge in [-0.25, -0.2) is 4.39 Å². The first kappa shape index (κ1) is 23.4. The summed E-state index contributed by atoms with van der Waals surface area (Å²) < 4.78 is 29.8. The van der Waals surface area contributed by atoms with Crippen molar-refractivity contribution in [1.29, 1.82) is 0 Å². The first-order valence-electron chi connectivity index (χ1n) is 10.8. The Kier molecular flexibility index (Phi) is 6.87. The zero-order chi connectivity index (χ0) is 24.2. The predicted molar refractivity (Wildman–Crippen MR) is 128 cm³/mol. The van der Waals surface area contributed by atoms with Crippen LogP contribution in [0.5, 0.6) is 17.2 Å². The summed E-state index contributed by atoms with van der Waals surface area (Å²) in [6.07, 6.45) is 0. The summed E-state index contributed by atoms with van der Waals surface area (Å²) in [5, 5.41) is 3.53. The van der Waals surface area contributed by atoms with Crippen molar-refractivity contribution in [3.05, 3.63) is 52.6 Å². The van der Waals surface area contributed by atoms with E-state index >= 15 is 0 Å². The predicted octanol–water partition coefficient (Wildman–Crippen LogP) is 2.45. The number of fused-ring (bicyclic) bond motifs is 1. The number of halogens is 1. The molecule has 4 rings (SSSR count). The smallest absolute Gasteiger partial charge is 0.250 e. The first-order valence-corrected chi connectivity index (χ1v) is 10.8. The van der Waals surface area contributed by atoms with Gasteiger partial charge in [0.2, 0.25) is 17.2 Å². The Labute approximate surface area is 196 Å². The number of pyridine rings is 1. The molecule has 1 fully saturated rings. The summed E-state index contributed by atoms with van der Waals surface area (Å²) in [4.78, 5) is 31.6. The normalized spacial score (nSPS) is 14.2. The number of anilines is 2. The average Bonchev–Trinajstić information content (AvgIpc) is 2.83. The molecule has 0 radical (unpaired) electrons. The minimum atomic E-state index is -0.358. The van der Waals surface area contributed by atoms with E-state index in [9.17, 15) is 14.0 Å². The molecule has 0 spiro atoms. The monoisotopic (exact) mass is 470 g/mol. The van der Waals surface area contributed by atoms with Gasteiger partial charge >= 0.3 is 0 Å². The lowest BCUT2D eigenvalue weighted by Gasteiger charge is -2.36. The number of ether oxygens (including phenoxy) is 3. The molecule has 0 aliphatic carbocycles. The van der Waals surface area contributed by atoms with Gasteiger partial charge in [-0.1, -0.05) is 0 Å². The highest BCUT2D eigenvalue weighted by molar-refractivity contribution is 5.93. The lowest BCUT2D eigenvalue weighted by molar-refractivity contribution is -0.117. The van der Waals surface area contributed by atoms with Gasteiger partial charge in [-0.15, -0.1) is 0 Å². The molecule has 9 nitrogen and oxygen atoms in total. The molecule has 2 aromatic carbocycles. The Morgan fingerprint density at radius 2 is 1.68 bits per heavy atom. The molecular formula is C24H27FN4O5. The van der Waals surface area contributed by atoms with Crippen LogP contribution in [0.2, 0.25) is 0 Å². The number of aromatic amines is 1. The van der Waals surface area contributed by atoms with Crippen LogP contribution in [0.15, 0.2) is 41.2 Å². The molecule has 1 saturated heterocycles. The van der Waals surface area contributed by atoms with Gasteiger partial charge in [-0.2, -0.15) is 0 Å². The van der Waals surface area contributed by atoms with Crippen molar-refractivity contribution in [2.24, 2.45) is 0 Å². The Hall–Kier alpha value is -3.79. The molecule has 0 atom stereocenters. The Morgan fingerprint density at radius 3 is 2.29 bits per heavy atom. The van der Waals surface area contributed by atoms with Gasteiger partial charge in [0.05, 0.1) is 39.1 Å². The molecular weight excluding hydrogens is 443 g/mol. The number of methoxy groups -OCH3 is 3. The second-order valence-electron chi connectivity index (χ2n) is 7.93. The van der Waals surface area contributed by atoms with Crippen LogP contribution in [-0.4, -0.2) is 69.8 Å². The van der Waals surface area contributed by atoms with Crippen LogP contribution in [0.3, 0.4) is 0 Å². The number of aromatic nitrogens is 1. The highest BCUT2D eigenvalue weighted by Gasteiger charge is 2.22. The van der Waals surface area contributed by atoms with Gasteiger partial charge in [0, 0.05) is 55.5 Å². The van der Waals surface area contributed by atoms with E-state index in [4.69, 9.17) is 14.2 Å². The molecule has 0 bridgehead atoms. The second-order valence-corrected chi connectivity index (χ2v) is 7.93. The van der Waals surface area contributed by atoms with E-state index in [0.717, 1.165) is 0 Å². The Morgan fingerprint density at radius 1 is 1.00 bits per heavy atom. The molecule has 2 N–H and O–H groups in total. The summed E-state index contributed by atoms with van der Waals surface area (Å²) in [7, 11) is 4.55. The fourth-order valence-electron chi connectivity index (χ4n) is 4.17. The third kappa shape index (κ3) is 4.91. The molecule has 0 unspecified atom stereocenters. The quantitative estimate of drug-likeness (QED) is 0.548. The zero-order valence-electron chi connectivity index (χ0n) is 19.3. The lowest BCUT2D eigenvalue weighted by atomic mass is 10.1. The first-order chi connectivity index (χ1) is 16.4. The summed E-state index contributed by atoms with van der Waals surface area (Å²) in [5.41, 5.74) is 1.59. The third-order valence-electron chi connectivity index (χ3n) is 5.81. The fourth-order valence-corrected chi connectivity index (χ4v) is 4.17. The molecule has 2 heterocycles. The van der Waals surface area contributed by atoms with Crippen LogP contribution >= 0.6 is 0 Å². The Balaban J connectivity index is 1.41. The van der Waals surface area contributed by atoms with Crippen molar-refractivity contribution in [1.82, 2.24) is 9.88 Å². The minimum absolute atomic E-state index is 0.175. The van der Waals surface area contributed by atoms with Crippen molar-refractivity contribution >= 4 is 28.2 Å². The van der Waals surface area contributed by atoms with E-state index in [2.05, 4.69) is 10.3 Å². The van der Waals surface area contributed by atoms with E-state index in [1.54, 1.807) is 18.2 Å². The molecule has 1 amide bonds. The summed E-state index contributed by atoms with van der Waals surface area (Å²) in [6, 6.07) is 9.17. The van der Waals surface area contributed by atoms with Crippen molar-refractivity contribution in [2.75, 3.05) is 64.3 Å². The van der Waals surface area contributed by atoms with Crippen molar-refractivity contribution in [3.63, 3.8) is 0 Å². The maximum absolute atomic E-state index is 13.8. The van der Waals surface area contributed by atoms with Crippen LogP contribution in [0.25, 0.3) is 10.9 Å². The number of amides is 1. The van der Waals surface area contributed by atoms with Gasteiger partial charge < -0.3 is 29.4 Å². The fraction of sp³-hybridized carbons (Fsp3) is 0.333. The standard InChI is InChI=1S/C24H27FN4O5/c1-32-20-11-16(12-21(33-2)24(20)34-3)26-23(31)14-28-6-8-29(9-7-28)19-13-22(30)27-18-5-4-15(25)10-17(18)19/h4-5,10-13H,6-9,14H2,1-3H3,(H,26,31)(H,27,30). The van der Waals surface area contributed by atoms with Gasteiger partial charge in [-0.3, -0.25) is 14.5 Å². The second kappa shape index (κ2) is 10.0. The topological polar surface area (TPSA) is 96.1 Å². The number of nitrogens with zero attached hydrogens (tertiary/aromatic N) is 2. The number of nitrogens with one attached hydrogen (secondary N) is 2. The third-order valence-corrected chi connectivity index (χ3v) is 5.81. The van der Waals surface area contributed by atoms with E-state index in [1.807, 2.05) is 9.80 Å². The van der Waals surface area contributed by atoms with Crippen LogP contribution in [0.4, 0.5) is 15.8 Å². The largest absolute Gasteiger partial charge is 0.493 e. The zero-order valence-corrected chi connectivity index (χ0v) is 19.3. The van der Waals surface area contributed by atoms with Crippen molar-refractivity contribution < 1.29 is 23.4 Å². The van der Waals surface area contributed by atoms with Gasteiger partial charge in [-0.05, 0) is 18.2 Å². The van der Waals surface area contributed by atoms with Gasteiger partial charge in [0.25, 0.3) is 0 Å². The summed E-state index contributed by atoms with van der Waals surface area (Å²) >= 11 is 0. The lowest BCUT2D eigenvalue weighted by Crippen LogP contribution is -2.49. The summed E-state index contributed by atoms with van der Waals surface area (Å²) in [6.45, 7) is 2.65. The molecule has 0 saturated carbocycles. The number of carbonyl (C=O) groups is 1. The van der Waals surface area contributed by atoms with Crippen LogP contribution in [-0.2, 0) is 4.79 Å². The number of carbonyl (C=O) groups excluding carboxylic acids is 1. The van der Waals surface area contributed by atoms with Crippen molar-refractivity contribution in [3.8, 4) is 17.2 Å². The van der Waals surface area contributed by atoms with Crippen molar-refractivity contribution in [2.45, 2.75) is 0 Å². The molecule has 1 aliphatic heterocycles. The molecule has 10 heteroatoms. The average molecular weight is 471 g/mol. The SMILES string of the molecule is COc1cc(NC(=O)CN2CCN(c3cc(=O)[nH]c4ccc(F)cc34)CC2)cc(OC)c1OC. The number of rotatable bonds is 7. The van der Waals surface area contributed by atoms with Gasteiger partial charge in [0.15, 0.2) is 11.5 Å². The van der Waals surface area contributed by atoms with E-state index < -0.39 is 0 Å². The Bertz CT molecular complexity index is 1230. The molecule has 1 aliphatic rings. The highest BCUT2D eigenvalue weighted by Crippen LogP contribution is 2.39. The van der Waals surface area contributed by atoms with E-state index in [1.165, 1.54) is 39.5 Å². The number of benzene rings is 2. The van der Waals surface area contributed by atoms with E-state index in [0.29, 0.717) is 65.7 Å².